The smallest absolute Gasteiger partial charge is 0.0325 e. The van der Waals surface area contributed by atoms with Crippen LogP contribution in [0.4, 0.5) is 0 Å². The fraction of sp³-hybridized carbons (Fsp3) is 0.667. The third kappa shape index (κ3) is 3.40. The molecule has 1 saturated carbocycles. The summed E-state index contributed by atoms with van der Waals surface area (Å²) in [6.07, 6.45) is 13.1. The Kier molecular flexibility index (Phi) is 5.06. The zero-order valence-electron chi connectivity index (χ0n) is 12.6. The molecule has 0 aliphatic heterocycles. The van der Waals surface area contributed by atoms with Crippen LogP contribution in [0, 0.1) is 0 Å². The van der Waals surface area contributed by atoms with E-state index in [9.17, 15) is 0 Å². The molecule has 0 spiro atoms. The van der Waals surface area contributed by atoms with Gasteiger partial charge in [0.25, 0.3) is 0 Å². The SMILES string of the molecule is CSC1CCCC(NC2CCCCc3ccccc32)C1. The zero-order chi connectivity index (χ0) is 13.8. The predicted molar refractivity (Wildman–Crippen MR) is 89.4 cm³/mol. The topological polar surface area (TPSA) is 12.0 Å². The van der Waals surface area contributed by atoms with E-state index >= 15 is 0 Å². The maximum atomic E-state index is 4.00. The van der Waals surface area contributed by atoms with Gasteiger partial charge >= 0.3 is 0 Å². The van der Waals surface area contributed by atoms with Gasteiger partial charge in [0.2, 0.25) is 0 Å². The van der Waals surface area contributed by atoms with Crippen LogP contribution in [-0.2, 0) is 6.42 Å². The van der Waals surface area contributed by atoms with Crippen LogP contribution in [0.5, 0.6) is 0 Å². The summed E-state index contributed by atoms with van der Waals surface area (Å²) in [4.78, 5) is 0. The highest BCUT2D eigenvalue weighted by molar-refractivity contribution is 7.99. The van der Waals surface area contributed by atoms with Crippen molar-refractivity contribution in [3.05, 3.63) is 35.4 Å². The summed E-state index contributed by atoms with van der Waals surface area (Å²) in [5, 5.41) is 4.88. The second kappa shape index (κ2) is 7.00. The fourth-order valence-corrected chi connectivity index (χ4v) is 4.72. The van der Waals surface area contributed by atoms with Crippen molar-refractivity contribution in [3.8, 4) is 0 Å². The van der Waals surface area contributed by atoms with Crippen molar-refractivity contribution in [2.24, 2.45) is 0 Å². The monoisotopic (exact) mass is 289 g/mol. The minimum absolute atomic E-state index is 0.597. The summed E-state index contributed by atoms with van der Waals surface area (Å²) in [7, 11) is 0. The van der Waals surface area contributed by atoms with Crippen molar-refractivity contribution < 1.29 is 0 Å². The standard InChI is InChI=1S/C18H27NS/c1-20-16-10-6-9-15(13-16)19-18-12-5-3-8-14-7-2-4-11-17(14)18/h2,4,7,11,15-16,18-19H,3,5-6,8-10,12-13H2,1H3. The fourth-order valence-electron chi connectivity index (χ4n) is 3.89. The Morgan fingerprint density at radius 1 is 1.05 bits per heavy atom. The van der Waals surface area contributed by atoms with Crippen molar-refractivity contribution in [1.29, 1.82) is 0 Å². The molecule has 1 N–H and O–H groups in total. The van der Waals surface area contributed by atoms with Gasteiger partial charge in [-0.2, -0.15) is 11.8 Å². The average Bonchev–Trinajstić information content (AvgIpc) is 2.70. The first-order chi connectivity index (χ1) is 9.86. The molecule has 0 bridgehead atoms. The highest BCUT2D eigenvalue weighted by Crippen LogP contribution is 2.32. The van der Waals surface area contributed by atoms with Crippen molar-refractivity contribution in [2.45, 2.75) is 68.7 Å². The number of hydrogen-bond donors (Lipinski definition) is 1. The van der Waals surface area contributed by atoms with Crippen LogP contribution in [0.1, 0.15) is 62.1 Å². The normalized spacial score (nSPS) is 30.6. The quantitative estimate of drug-likeness (QED) is 0.808. The molecule has 0 aromatic heterocycles. The zero-order valence-corrected chi connectivity index (χ0v) is 13.4. The Hall–Kier alpha value is -0.470. The second-order valence-corrected chi connectivity index (χ2v) is 7.52. The molecule has 3 rings (SSSR count). The molecule has 110 valence electrons. The first-order valence-corrected chi connectivity index (χ1v) is 9.52. The lowest BCUT2D eigenvalue weighted by Gasteiger charge is -2.32. The summed E-state index contributed by atoms with van der Waals surface area (Å²) < 4.78 is 0. The van der Waals surface area contributed by atoms with Gasteiger partial charge in [-0.1, -0.05) is 37.1 Å². The third-order valence-electron chi connectivity index (χ3n) is 5.02. The number of benzene rings is 1. The molecule has 20 heavy (non-hydrogen) atoms. The van der Waals surface area contributed by atoms with E-state index < -0.39 is 0 Å². The first-order valence-electron chi connectivity index (χ1n) is 8.23. The molecule has 0 radical (unpaired) electrons. The summed E-state index contributed by atoms with van der Waals surface area (Å²) in [6, 6.07) is 10.4. The molecule has 2 heteroatoms. The maximum absolute atomic E-state index is 4.00. The van der Waals surface area contributed by atoms with Crippen LogP contribution in [0.25, 0.3) is 0 Å². The summed E-state index contributed by atoms with van der Waals surface area (Å²) >= 11 is 2.06. The van der Waals surface area contributed by atoms with E-state index in [1.54, 1.807) is 11.1 Å². The number of rotatable bonds is 3. The lowest BCUT2D eigenvalue weighted by atomic mass is 9.92. The molecule has 3 unspecified atom stereocenters. The highest BCUT2D eigenvalue weighted by atomic mass is 32.2. The molecule has 3 atom stereocenters. The number of hydrogen-bond acceptors (Lipinski definition) is 2. The Bertz CT molecular complexity index is 431. The second-order valence-electron chi connectivity index (χ2n) is 6.39. The van der Waals surface area contributed by atoms with E-state index in [-0.39, 0.29) is 0 Å². The molecule has 1 fully saturated rings. The number of thioether (sulfide) groups is 1. The number of fused-ring (bicyclic) bond motifs is 1. The van der Waals surface area contributed by atoms with Gasteiger partial charge in [-0.05, 0) is 55.9 Å². The molecule has 1 aromatic carbocycles. The van der Waals surface area contributed by atoms with E-state index in [1.807, 2.05) is 0 Å². The lowest BCUT2D eigenvalue weighted by molar-refractivity contribution is 0.334. The molecule has 2 aliphatic rings. The molecule has 0 amide bonds. The van der Waals surface area contributed by atoms with Crippen LogP contribution in [-0.4, -0.2) is 17.5 Å². The molecule has 0 saturated heterocycles. The molecular weight excluding hydrogens is 262 g/mol. The Labute approximate surface area is 127 Å². The molecule has 2 aliphatic carbocycles. The Morgan fingerprint density at radius 3 is 2.85 bits per heavy atom. The van der Waals surface area contributed by atoms with Crippen LogP contribution >= 0.6 is 11.8 Å². The van der Waals surface area contributed by atoms with E-state index in [0.29, 0.717) is 6.04 Å². The van der Waals surface area contributed by atoms with Gasteiger partial charge in [0, 0.05) is 17.3 Å². The Morgan fingerprint density at radius 2 is 1.95 bits per heavy atom. The Balaban J connectivity index is 1.70. The van der Waals surface area contributed by atoms with Gasteiger partial charge in [0.1, 0.15) is 0 Å². The van der Waals surface area contributed by atoms with Crippen molar-refractivity contribution in [3.63, 3.8) is 0 Å². The van der Waals surface area contributed by atoms with E-state index in [4.69, 9.17) is 0 Å². The van der Waals surface area contributed by atoms with E-state index in [0.717, 1.165) is 11.3 Å². The summed E-state index contributed by atoms with van der Waals surface area (Å²) in [5.41, 5.74) is 3.16. The van der Waals surface area contributed by atoms with Gasteiger partial charge in [0.05, 0.1) is 0 Å². The van der Waals surface area contributed by atoms with Crippen molar-refractivity contribution in [1.82, 2.24) is 5.32 Å². The summed E-state index contributed by atoms with van der Waals surface area (Å²) in [6.45, 7) is 0. The van der Waals surface area contributed by atoms with E-state index in [1.165, 1.54) is 51.4 Å². The minimum atomic E-state index is 0.597. The van der Waals surface area contributed by atoms with Crippen molar-refractivity contribution >= 4 is 11.8 Å². The van der Waals surface area contributed by atoms with Gasteiger partial charge in [-0.25, -0.2) is 0 Å². The largest absolute Gasteiger partial charge is 0.307 e. The predicted octanol–water partition coefficient (Wildman–Crippen LogP) is 4.72. The molecule has 0 heterocycles. The molecular formula is C18H27NS. The summed E-state index contributed by atoms with van der Waals surface area (Å²) in [5.74, 6) is 0. The van der Waals surface area contributed by atoms with Gasteiger partial charge < -0.3 is 5.32 Å². The number of nitrogens with one attached hydrogen (secondary N) is 1. The number of aryl methyl sites for hydroxylation is 1. The molecule has 1 aromatic rings. The van der Waals surface area contributed by atoms with Gasteiger partial charge in [-0.3, -0.25) is 0 Å². The average molecular weight is 289 g/mol. The van der Waals surface area contributed by atoms with Gasteiger partial charge in [0.15, 0.2) is 0 Å². The third-order valence-corrected chi connectivity index (χ3v) is 6.11. The van der Waals surface area contributed by atoms with Gasteiger partial charge in [-0.15, -0.1) is 0 Å². The molecule has 1 nitrogen and oxygen atoms in total. The van der Waals surface area contributed by atoms with Crippen LogP contribution in [0.15, 0.2) is 24.3 Å². The maximum Gasteiger partial charge on any atom is 0.0325 e. The van der Waals surface area contributed by atoms with Crippen LogP contribution < -0.4 is 5.32 Å². The van der Waals surface area contributed by atoms with Crippen LogP contribution in [0.3, 0.4) is 0 Å². The highest BCUT2D eigenvalue weighted by Gasteiger charge is 2.25. The minimum Gasteiger partial charge on any atom is -0.307 e. The van der Waals surface area contributed by atoms with E-state index in [2.05, 4.69) is 47.6 Å². The lowest BCUT2D eigenvalue weighted by Crippen LogP contribution is -2.37. The van der Waals surface area contributed by atoms with Crippen molar-refractivity contribution in [2.75, 3.05) is 6.26 Å². The van der Waals surface area contributed by atoms with Crippen LogP contribution in [0.2, 0.25) is 0 Å². The first kappa shape index (κ1) is 14.5.